The van der Waals surface area contributed by atoms with Crippen molar-refractivity contribution in [3.05, 3.63) is 34.9 Å². The van der Waals surface area contributed by atoms with Crippen LogP contribution in [0.15, 0.2) is 18.2 Å². The third-order valence-electron chi connectivity index (χ3n) is 4.34. The summed E-state index contributed by atoms with van der Waals surface area (Å²) in [5.41, 5.74) is 5.30. The van der Waals surface area contributed by atoms with Gasteiger partial charge in [-0.05, 0) is 47.3 Å². The summed E-state index contributed by atoms with van der Waals surface area (Å²) in [5.74, 6) is 0. The highest BCUT2D eigenvalue weighted by atomic mass is 127. The molecule has 0 saturated heterocycles. The van der Waals surface area contributed by atoms with Gasteiger partial charge in [0, 0.05) is 3.92 Å². The second-order valence-corrected chi connectivity index (χ2v) is 8.56. The Bertz CT molecular complexity index is 427. The monoisotopic (exact) mass is 342 g/mol. The maximum Gasteiger partial charge on any atom is 0.0331 e. The summed E-state index contributed by atoms with van der Waals surface area (Å²) in [5, 5.41) is 0. The molecular weight excluding hydrogens is 319 g/mol. The Hall–Kier alpha value is -0.0500. The maximum absolute atomic E-state index is 2.50. The van der Waals surface area contributed by atoms with Crippen LogP contribution in [0.1, 0.15) is 68.1 Å². The first kappa shape index (κ1) is 13.4. The van der Waals surface area contributed by atoms with Gasteiger partial charge in [0.15, 0.2) is 0 Å². The third-order valence-corrected chi connectivity index (χ3v) is 5.06. The van der Waals surface area contributed by atoms with Crippen molar-refractivity contribution < 1.29 is 0 Å². The Morgan fingerprint density at radius 2 is 1.53 bits per heavy atom. The molecule has 1 atom stereocenters. The van der Waals surface area contributed by atoms with E-state index in [0.29, 0.717) is 14.8 Å². The molecular formula is C16H23I. The lowest BCUT2D eigenvalue weighted by atomic mass is 9.63. The van der Waals surface area contributed by atoms with Gasteiger partial charge in [-0.15, -0.1) is 0 Å². The fraction of sp³-hybridized carbons (Fsp3) is 0.625. The topological polar surface area (TPSA) is 0 Å². The van der Waals surface area contributed by atoms with Gasteiger partial charge in [0.2, 0.25) is 0 Å². The van der Waals surface area contributed by atoms with Crippen molar-refractivity contribution in [2.75, 3.05) is 0 Å². The predicted molar refractivity (Wildman–Crippen MR) is 84.2 cm³/mol. The van der Waals surface area contributed by atoms with Crippen molar-refractivity contribution in [2.24, 2.45) is 0 Å². The van der Waals surface area contributed by atoms with Crippen LogP contribution in [0.4, 0.5) is 0 Å². The number of alkyl halides is 1. The molecule has 0 fully saturated rings. The van der Waals surface area contributed by atoms with Gasteiger partial charge in [0.05, 0.1) is 0 Å². The number of hydrogen-bond donors (Lipinski definition) is 0. The van der Waals surface area contributed by atoms with E-state index in [9.17, 15) is 0 Å². The standard InChI is InChI=1S/C16H23I/c1-11(17)12-6-7-13-14(10-12)16(4,5)9-8-15(13,2)3/h6-7,10-11H,8-9H2,1-5H3/t11-/m0/s1. The number of hydrogen-bond acceptors (Lipinski definition) is 0. The highest BCUT2D eigenvalue weighted by molar-refractivity contribution is 14.1. The van der Waals surface area contributed by atoms with Crippen molar-refractivity contribution >= 4 is 22.6 Å². The Labute approximate surface area is 119 Å². The molecule has 0 spiro atoms. The van der Waals surface area contributed by atoms with Crippen LogP contribution in [0.2, 0.25) is 0 Å². The van der Waals surface area contributed by atoms with Gasteiger partial charge in [0.1, 0.15) is 0 Å². The van der Waals surface area contributed by atoms with Crippen LogP contribution in [0.5, 0.6) is 0 Å². The zero-order valence-electron chi connectivity index (χ0n) is 11.6. The van der Waals surface area contributed by atoms with Crippen molar-refractivity contribution in [3.8, 4) is 0 Å². The van der Waals surface area contributed by atoms with Crippen molar-refractivity contribution in [2.45, 2.75) is 62.2 Å². The Morgan fingerprint density at radius 1 is 1.00 bits per heavy atom. The fourth-order valence-electron chi connectivity index (χ4n) is 2.85. The first-order chi connectivity index (χ1) is 7.74. The van der Waals surface area contributed by atoms with E-state index in [1.165, 1.54) is 18.4 Å². The minimum Gasteiger partial charge on any atom is -0.0777 e. The van der Waals surface area contributed by atoms with Gasteiger partial charge >= 0.3 is 0 Å². The molecule has 0 radical (unpaired) electrons. The molecule has 1 aromatic rings. The molecule has 0 aromatic heterocycles. The molecule has 0 bridgehead atoms. The second kappa shape index (κ2) is 4.25. The van der Waals surface area contributed by atoms with Crippen molar-refractivity contribution in [1.29, 1.82) is 0 Å². The molecule has 1 aliphatic carbocycles. The number of rotatable bonds is 1. The number of fused-ring (bicyclic) bond motifs is 1. The van der Waals surface area contributed by atoms with Crippen LogP contribution < -0.4 is 0 Å². The van der Waals surface area contributed by atoms with Gasteiger partial charge in [-0.2, -0.15) is 0 Å². The first-order valence-corrected chi connectivity index (χ1v) is 7.78. The van der Waals surface area contributed by atoms with E-state index in [1.54, 1.807) is 11.1 Å². The summed E-state index contributed by atoms with van der Waals surface area (Å²) in [7, 11) is 0. The molecule has 0 nitrogen and oxygen atoms in total. The van der Waals surface area contributed by atoms with Crippen LogP contribution in [-0.2, 0) is 10.8 Å². The molecule has 94 valence electrons. The Balaban J connectivity index is 2.60. The molecule has 17 heavy (non-hydrogen) atoms. The van der Waals surface area contributed by atoms with Gasteiger partial charge in [-0.25, -0.2) is 0 Å². The summed E-state index contributed by atoms with van der Waals surface area (Å²) < 4.78 is 0.596. The highest BCUT2D eigenvalue weighted by Crippen LogP contribution is 2.46. The lowest BCUT2D eigenvalue weighted by Gasteiger charge is -2.42. The van der Waals surface area contributed by atoms with Gasteiger partial charge < -0.3 is 0 Å². The fourth-order valence-corrected chi connectivity index (χ4v) is 3.24. The average Bonchev–Trinajstić information content (AvgIpc) is 2.24. The molecule has 1 aromatic carbocycles. The lowest BCUT2D eigenvalue weighted by molar-refractivity contribution is 0.331. The van der Waals surface area contributed by atoms with Crippen molar-refractivity contribution in [1.82, 2.24) is 0 Å². The largest absolute Gasteiger partial charge is 0.0777 e. The van der Waals surface area contributed by atoms with E-state index >= 15 is 0 Å². The van der Waals surface area contributed by atoms with E-state index < -0.39 is 0 Å². The second-order valence-electron chi connectivity index (χ2n) is 6.69. The van der Waals surface area contributed by atoms with E-state index in [2.05, 4.69) is 75.4 Å². The van der Waals surface area contributed by atoms with Crippen LogP contribution in [-0.4, -0.2) is 0 Å². The Kier molecular flexibility index (Phi) is 3.35. The minimum atomic E-state index is 0.340. The molecule has 0 unspecified atom stereocenters. The molecule has 0 N–H and O–H groups in total. The first-order valence-electron chi connectivity index (χ1n) is 6.53. The van der Waals surface area contributed by atoms with E-state index in [-0.39, 0.29) is 0 Å². The van der Waals surface area contributed by atoms with Crippen LogP contribution in [0.3, 0.4) is 0 Å². The third kappa shape index (κ3) is 2.40. The minimum absolute atomic E-state index is 0.340. The van der Waals surface area contributed by atoms with E-state index in [4.69, 9.17) is 0 Å². The molecule has 0 heterocycles. The zero-order valence-corrected chi connectivity index (χ0v) is 13.8. The predicted octanol–water partition coefficient (Wildman–Crippen LogP) is 5.53. The number of halogens is 1. The van der Waals surface area contributed by atoms with E-state index in [0.717, 1.165) is 0 Å². The summed E-state index contributed by atoms with van der Waals surface area (Å²) in [6.45, 7) is 11.8. The molecule has 2 rings (SSSR count). The Morgan fingerprint density at radius 3 is 2.06 bits per heavy atom. The molecule has 1 heteroatoms. The summed E-state index contributed by atoms with van der Waals surface area (Å²) in [6.07, 6.45) is 2.60. The van der Waals surface area contributed by atoms with Gasteiger partial charge in [-0.3, -0.25) is 0 Å². The molecule has 0 aliphatic heterocycles. The number of benzene rings is 1. The highest BCUT2D eigenvalue weighted by Gasteiger charge is 2.36. The SMILES string of the molecule is C[C@H](I)c1ccc2c(c1)C(C)(C)CCC2(C)C. The normalized spacial score (nSPS) is 22.9. The van der Waals surface area contributed by atoms with Crippen LogP contribution in [0, 0.1) is 0 Å². The average molecular weight is 342 g/mol. The van der Waals surface area contributed by atoms with E-state index in [1.807, 2.05) is 0 Å². The van der Waals surface area contributed by atoms with Gasteiger partial charge in [-0.1, -0.05) is 68.5 Å². The van der Waals surface area contributed by atoms with Gasteiger partial charge in [0.25, 0.3) is 0 Å². The van der Waals surface area contributed by atoms with Crippen LogP contribution in [0.25, 0.3) is 0 Å². The summed E-state index contributed by atoms with van der Waals surface area (Å²) in [4.78, 5) is 0. The van der Waals surface area contributed by atoms with Crippen molar-refractivity contribution in [3.63, 3.8) is 0 Å². The molecule has 1 aliphatic rings. The quantitative estimate of drug-likeness (QED) is 0.465. The molecule has 0 amide bonds. The summed E-state index contributed by atoms with van der Waals surface area (Å²) >= 11 is 2.50. The maximum atomic E-state index is 2.50. The zero-order chi connectivity index (χ0) is 12.8. The van der Waals surface area contributed by atoms with Crippen LogP contribution >= 0.6 is 22.6 Å². The smallest absolute Gasteiger partial charge is 0.0331 e. The lowest BCUT2D eigenvalue weighted by Crippen LogP contribution is -2.33. The summed E-state index contributed by atoms with van der Waals surface area (Å²) in [6, 6.07) is 7.15. The molecule has 0 saturated carbocycles.